The quantitative estimate of drug-likeness (QED) is 0.585. The maximum atomic E-state index is 10.4. The van der Waals surface area contributed by atoms with Gasteiger partial charge in [0.15, 0.2) is 5.69 Å². The van der Waals surface area contributed by atoms with Gasteiger partial charge in [0.1, 0.15) is 11.6 Å². The molecule has 1 aromatic heterocycles. The SMILES string of the molecule is N#Cc1cnc(N)nc1C(=O)O. The Labute approximate surface area is 67.3 Å². The Balaban J connectivity index is 3.34. The molecular formula is C6H4N4O2. The van der Waals surface area contributed by atoms with E-state index in [-0.39, 0.29) is 17.2 Å². The molecule has 0 amide bonds. The normalized spacial score (nSPS) is 8.92. The molecular weight excluding hydrogens is 160 g/mol. The van der Waals surface area contributed by atoms with Crippen LogP contribution in [-0.4, -0.2) is 21.0 Å². The van der Waals surface area contributed by atoms with Gasteiger partial charge in [0, 0.05) is 0 Å². The Hall–Kier alpha value is -2.16. The lowest BCUT2D eigenvalue weighted by molar-refractivity contribution is 0.0690. The Morgan fingerprint density at radius 3 is 2.92 bits per heavy atom. The minimum Gasteiger partial charge on any atom is -0.476 e. The predicted molar refractivity (Wildman–Crippen MR) is 38.1 cm³/mol. The fraction of sp³-hybridized carbons (Fsp3) is 0. The van der Waals surface area contributed by atoms with Crippen LogP contribution in [0.1, 0.15) is 16.1 Å². The van der Waals surface area contributed by atoms with Crippen molar-refractivity contribution in [3.8, 4) is 6.07 Å². The van der Waals surface area contributed by atoms with Crippen LogP contribution in [0.3, 0.4) is 0 Å². The molecule has 0 unspecified atom stereocenters. The van der Waals surface area contributed by atoms with Gasteiger partial charge in [-0.05, 0) is 0 Å². The summed E-state index contributed by atoms with van der Waals surface area (Å²) in [6.07, 6.45) is 1.08. The van der Waals surface area contributed by atoms with E-state index in [0.29, 0.717) is 0 Å². The molecule has 0 saturated carbocycles. The minimum atomic E-state index is -1.29. The highest BCUT2D eigenvalue weighted by molar-refractivity contribution is 5.88. The summed E-state index contributed by atoms with van der Waals surface area (Å²) in [6.45, 7) is 0. The van der Waals surface area contributed by atoms with Gasteiger partial charge >= 0.3 is 5.97 Å². The molecule has 0 fully saturated rings. The number of hydrogen-bond acceptors (Lipinski definition) is 5. The number of carboxylic acid groups (broad SMARTS) is 1. The Kier molecular flexibility index (Phi) is 1.88. The Bertz CT molecular complexity index is 368. The summed E-state index contributed by atoms with van der Waals surface area (Å²) in [5.41, 5.74) is 4.65. The van der Waals surface area contributed by atoms with Gasteiger partial charge in [0.2, 0.25) is 5.95 Å². The van der Waals surface area contributed by atoms with E-state index in [9.17, 15) is 4.79 Å². The van der Waals surface area contributed by atoms with Crippen LogP contribution in [0.2, 0.25) is 0 Å². The number of nitrogen functional groups attached to an aromatic ring is 1. The van der Waals surface area contributed by atoms with E-state index >= 15 is 0 Å². The number of carboxylic acids is 1. The third-order valence-corrected chi connectivity index (χ3v) is 1.13. The second-order valence-corrected chi connectivity index (χ2v) is 1.91. The van der Waals surface area contributed by atoms with Gasteiger partial charge in [0.25, 0.3) is 0 Å². The summed E-state index contributed by atoms with van der Waals surface area (Å²) in [5, 5.41) is 16.9. The average Bonchev–Trinajstić information content (AvgIpc) is 2.04. The van der Waals surface area contributed by atoms with Crippen molar-refractivity contribution < 1.29 is 9.90 Å². The standard InChI is InChI=1S/C6H4N4O2/c7-1-3-2-9-6(8)10-4(3)5(11)12/h2H,(H,11,12)(H2,8,9,10). The number of anilines is 1. The molecule has 60 valence electrons. The molecule has 0 aliphatic carbocycles. The van der Waals surface area contributed by atoms with E-state index in [2.05, 4.69) is 9.97 Å². The second kappa shape index (κ2) is 2.84. The largest absolute Gasteiger partial charge is 0.476 e. The molecule has 1 aromatic rings. The number of aromatic carboxylic acids is 1. The summed E-state index contributed by atoms with van der Waals surface area (Å²) in [6, 6.07) is 1.64. The average molecular weight is 164 g/mol. The van der Waals surface area contributed by atoms with Gasteiger partial charge in [-0.3, -0.25) is 0 Å². The van der Waals surface area contributed by atoms with Crippen molar-refractivity contribution in [2.45, 2.75) is 0 Å². The van der Waals surface area contributed by atoms with Crippen molar-refractivity contribution in [3.05, 3.63) is 17.5 Å². The van der Waals surface area contributed by atoms with E-state index in [0.717, 1.165) is 6.20 Å². The van der Waals surface area contributed by atoms with Gasteiger partial charge in [-0.2, -0.15) is 5.26 Å². The zero-order valence-electron chi connectivity index (χ0n) is 5.85. The molecule has 3 N–H and O–H groups in total. The van der Waals surface area contributed by atoms with Crippen molar-refractivity contribution in [2.24, 2.45) is 0 Å². The fourth-order valence-corrected chi connectivity index (χ4v) is 0.640. The summed E-state index contributed by atoms with van der Waals surface area (Å²) < 4.78 is 0. The number of nitriles is 1. The molecule has 12 heavy (non-hydrogen) atoms. The molecule has 0 radical (unpaired) electrons. The molecule has 6 heteroatoms. The highest BCUT2D eigenvalue weighted by Gasteiger charge is 2.12. The number of rotatable bonds is 1. The smallest absolute Gasteiger partial charge is 0.356 e. The molecule has 6 nitrogen and oxygen atoms in total. The van der Waals surface area contributed by atoms with Crippen LogP contribution in [0.4, 0.5) is 5.95 Å². The van der Waals surface area contributed by atoms with Gasteiger partial charge in [-0.15, -0.1) is 0 Å². The van der Waals surface area contributed by atoms with E-state index in [1.54, 1.807) is 6.07 Å². The molecule has 0 aromatic carbocycles. The lowest BCUT2D eigenvalue weighted by atomic mass is 10.2. The lowest BCUT2D eigenvalue weighted by Gasteiger charge is -1.96. The van der Waals surface area contributed by atoms with E-state index < -0.39 is 5.97 Å². The first-order valence-electron chi connectivity index (χ1n) is 2.91. The van der Waals surface area contributed by atoms with Crippen LogP contribution in [0, 0.1) is 11.3 Å². The highest BCUT2D eigenvalue weighted by Crippen LogP contribution is 2.04. The van der Waals surface area contributed by atoms with Crippen molar-refractivity contribution in [1.29, 1.82) is 5.26 Å². The number of carbonyl (C=O) groups is 1. The first-order valence-corrected chi connectivity index (χ1v) is 2.91. The maximum absolute atomic E-state index is 10.4. The molecule has 1 rings (SSSR count). The monoisotopic (exact) mass is 164 g/mol. The van der Waals surface area contributed by atoms with Crippen molar-refractivity contribution in [2.75, 3.05) is 5.73 Å². The molecule has 0 atom stereocenters. The molecule has 0 aliphatic heterocycles. The van der Waals surface area contributed by atoms with Crippen molar-refractivity contribution in [1.82, 2.24) is 9.97 Å². The predicted octanol–water partition coefficient (Wildman–Crippen LogP) is -0.371. The minimum absolute atomic E-state index is 0.100. The number of aromatic nitrogens is 2. The third kappa shape index (κ3) is 1.29. The van der Waals surface area contributed by atoms with Crippen LogP contribution >= 0.6 is 0 Å². The zero-order chi connectivity index (χ0) is 9.14. The summed E-state index contributed by atoms with van der Waals surface area (Å²) in [4.78, 5) is 17.3. The van der Waals surface area contributed by atoms with Crippen molar-refractivity contribution in [3.63, 3.8) is 0 Å². The maximum Gasteiger partial charge on any atom is 0.356 e. The molecule has 0 aliphatic rings. The number of hydrogen-bond donors (Lipinski definition) is 2. The van der Waals surface area contributed by atoms with Gasteiger partial charge in [-0.25, -0.2) is 14.8 Å². The van der Waals surface area contributed by atoms with Gasteiger partial charge in [0.05, 0.1) is 6.20 Å². The molecule has 0 spiro atoms. The lowest BCUT2D eigenvalue weighted by Crippen LogP contribution is -2.07. The van der Waals surface area contributed by atoms with Crippen LogP contribution in [0.25, 0.3) is 0 Å². The first-order chi connectivity index (χ1) is 5.65. The first kappa shape index (κ1) is 7.94. The van der Waals surface area contributed by atoms with Crippen LogP contribution in [-0.2, 0) is 0 Å². The summed E-state index contributed by atoms with van der Waals surface area (Å²) in [5.74, 6) is -1.45. The van der Waals surface area contributed by atoms with E-state index in [4.69, 9.17) is 16.1 Å². The second-order valence-electron chi connectivity index (χ2n) is 1.91. The van der Waals surface area contributed by atoms with E-state index in [1.165, 1.54) is 0 Å². The van der Waals surface area contributed by atoms with Crippen LogP contribution in [0.15, 0.2) is 6.20 Å². The Morgan fingerprint density at radius 1 is 1.75 bits per heavy atom. The van der Waals surface area contributed by atoms with Gasteiger partial charge < -0.3 is 10.8 Å². The summed E-state index contributed by atoms with van der Waals surface area (Å²) >= 11 is 0. The number of nitrogens with two attached hydrogens (primary N) is 1. The Morgan fingerprint density at radius 2 is 2.42 bits per heavy atom. The van der Waals surface area contributed by atoms with Gasteiger partial charge in [-0.1, -0.05) is 0 Å². The van der Waals surface area contributed by atoms with Crippen LogP contribution < -0.4 is 5.73 Å². The number of nitrogens with zero attached hydrogens (tertiary/aromatic N) is 3. The van der Waals surface area contributed by atoms with E-state index in [1.807, 2.05) is 0 Å². The highest BCUT2D eigenvalue weighted by atomic mass is 16.4. The summed E-state index contributed by atoms with van der Waals surface area (Å²) in [7, 11) is 0. The molecule has 0 bridgehead atoms. The zero-order valence-corrected chi connectivity index (χ0v) is 5.85. The van der Waals surface area contributed by atoms with Crippen molar-refractivity contribution >= 4 is 11.9 Å². The third-order valence-electron chi connectivity index (χ3n) is 1.13. The molecule has 0 saturated heterocycles. The topological polar surface area (TPSA) is 113 Å². The van der Waals surface area contributed by atoms with Crippen LogP contribution in [0.5, 0.6) is 0 Å². The fourth-order valence-electron chi connectivity index (χ4n) is 0.640. The molecule has 1 heterocycles.